The first-order valence-corrected chi connectivity index (χ1v) is 7.39. The van der Waals surface area contributed by atoms with Crippen LogP contribution in [-0.4, -0.2) is 50.8 Å². The maximum atomic E-state index is 12.5. The number of anilines is 1. The third-order valence-corrected chi connectivity index (χ3v) is 3.87. The zero-order chi connectivity index (χ0) is 17.7. The fraction of sp³-hybridized carbons (Fsp3) is 0.438. The normalized spacial score (nSPS) is 16.1. The summed E-state index contributed by atoms with van der Waals surface area (Å²) in [4.78, 5) is 36.0. The van der Waals surface area contributed by atoms with Crippen LogP contribution in [0, 0.1) is 0 Å². The lowest BCUT2D eigenvalue weighted by Gasteiger charge is -2.31. The van der Waals surface area contributed by atoms with Crippen molar-refractivity contribution in [3.05, 3.63) is 29.3 Å². The Balaban J connectivity index is 2.29. The molecule has 1 aromatic carbocycles. The molecule has 1 saturated heterocycles. The third-order valence-electron chi connectivity index (χ3n) is 3.87. The first kappa shape index (κ1) is 17.9. The van der Waals surface area contributed by atoms with Gasteiger partial charge in [-0.2, -0.15) is 0 Å². The van der Waals surface area contributed by atoms with Crippen LogP contribution < -0.4 is 11.1 Å². The second-order valence-electron chi connectivity index (χ2n) is 5.50. The van der Waals surface area contributed by atoms with Crippen molar-refractivity contribution in [3.63, 3.8) is 0 Å². The number of rotatable bonds is 4. The van der Waals surface area contributed by atoms with Crippen LogP contribution in [0.5, 0.6) is 0 Å². The van der Waals surface area contributed by atoms with Crippen LogP contribution in [0.4, 0.5) is 5.69 Å². The Labute approximate surface area is 139 Å². The third kappa shape index (κ3) is 3.90. The summed E-state index contributed by atoms with van der Waals surface area (Å²) in [6.45, 7) is 0.805. The summed E-state index contributed by atoms with van der Waals surface area (Å²) in [6, 6.07) is 4.16. The van der Waals surface area contributed by atoms with Gasteiger partial charge in [0.15, 0.2) is 0 Å². The predicted octanol–water partition coefficient (Wildman–Crippen LogP) is 0.706. The number of nitrogens with two attached hydrogens (primary N) is 1. The van der Waals surface area contributed by atoms with Crippen molar-refractivity contribution >= 4 is 23.5 Å². The molecule has 1 amide bonds. The summed E-state index contributed by atoms with van der Waals surface area (Å²) < 4.78 is 14.5. The van der Waals surface area contributed by atoms with Crippen LogP contribution >= 0.6 is 0 Å². The fourth-order valence-corrected chi connectivity index (χ4v) is 2.39. The molecule has 24 heavy (non-hydrogen) atoms. The van der Waals surface area contributed by atoms with Gasteiger partial charge in [-0.15, -0.1) is 0 Å². The van der Waals surface area contributed by atoms with Crippen molar-refractivity contribution < 1.29 is 28.6 Å². The van der Waals surface area contributed by atoms with E-state index < -0.39 is 23.4 Å². The number of hydrogen-bond donors (Lipinski definition) is 2. The summed E-state index contributed by atoms with van der Waals surface area (Å²) in [5, 5.41) is 2.66. The van der Waals surface area contributed by atoms with Crippen molar-refractivity contribution in [2.45, 2.75) is 18.4 Å². The van der Waals surface area contributed by atoms with Gasteiger partial charge in [0, 0.05) is 18.9 Å². The monoisotopic (exact) mass is 336 g/mol. The van der Waals surface area contributed by atoms with E-state index in [4.69, 9.17) is 10.5 Å². The molecule has 130 valence electrons. The molecule has 3 N–H and O–H groups in total. The highest BCUT2D eigenvalue weighted by molar-refractivity contribution is 6.02. The smallest absolute Gasteiger partial charge is 0.337 e. The predicted molar refractivity (Wildman–Crippen MR) is 84.7 cm³/mol. The van der Waals surface area contributed by atoms with Crippen LogP contribution in [0.25, 0.3) is 0 Å². The van der Waals surface area contributed by atoms with Crippen LogP contribution in [-0.2, 0) is 19.0 Å². The quantitative estimate of drug-likeness (QED) is 0.777. The molecule has 1 heterocycles. The van der Waals surface area contributed by atoms with E-state index in [1.807, 2.05) is 0 Å². The maximum Gasteiger partial charge on any atom is 0.337 e. The summed E-state index contributed by atoms with van der Waals surface area (Å²) in [7, 11) is 2.45. The van der Waals surface area contributed by atoms with Crippen LogP contribution in [0.3, 0.4) is 0 Å². The first-order valence-electron chi connectivity index (χ1n) is 7.39. The number of ether oxygens (including phenoxy) is 3. The number of esters is 2. The molecule has 0 saturated carbocycles. The number of hydrogen-bond acceptors (Lipinski definition) is 7. The number of carbonyl (C=O) groups is 3. The van der Waals surface area contributed by atoms with Crippen molar-refractivity contribution in [2.75, 3.05) is 32.8 Å². The van der Waals surface area contributed by atoms with Crippen LogP contribution in [0.1, 0.15) is 33.6 Å². The summed E-state index contributed by atoms with van der Waals surface area (Å²) in [6.07, 6.45) is 0.777. The molecule has 2 rings (SSSR count). The lowest BCUT2D eigenvalue weighted by atomic mass is 9.90. The molecule has 1 aliphatic rings. The standard InChI is InChI=1S/C16H20N2O6/c1-22-13(19)10-7-11(14(20)23-2)9-12(8-10)18-15(21)16(17)3-5-24-6-4-16/h7-9H,3-6,17H2,1-2H3,(H,18,21). The lowest BCUT2D eigenvalue weighted by molar-refractivity contribution is -0.124. The van der Waals surface area contributed by atoms with Gasteiger partial charge in [0.2, 0.25) is 5.91 Å². The second kappa shape index (κ2) is 7.41. The molecule has 0 atom stereocenters. The Morgan fingerprint density at radius 1 is 1.04 bits per heavy atom. The zero-order valence-electron chi connectivity index (χ0n) is 13.6. The van der Waals surface area contributed by atoms with Crippen LogP contribution in [0.2, 0.25) is 0 Å². The average Bonchev–Trinajstić information content (AvgIpc) is 2.60. The van der Waals surface area contributed by atoms with E-state index >= 15 is 0 Å². The van der Waals surface area contributed by atoms with Gasteiger partial charge in [0.1, 0.15) is 5.54 Å². The number of amides is 1. The van der Waals surface area contributed by atoms with Gasteiger partial charge in [0.05, 0.1) is 25.3 Å². The van der Waals surface area contributed by atoms with Gasteiger partial charge < -0.3 is 25.3 Å². The highest BCUT2D eigenvalue weighted by atomic mass is 16.5. The minimum Gasteiger partial charge on any atom is -0.465 e. The highest BCUT2D eigenvalue weighted by Gasteiger charge is 2.36. The molecule has 0 aromatic heterocycles. The fourth-order valence-electron chi connectivity index (χ4n) is 2.39. The Hall–Kier alpha value is -2.45. The van der Waals surface area contributed by atoms with Gasteiger partial charge >= 0.3 is 11.9 Å². The maximum absolute atomic E-state index is 12.5. The molecule has 0 radical (unpaired) electrons. The molecule has 8 heteroatoms. The van der Waals surface area contributed by atoms with Crippen LogP contribution in [0.15, 0.2) is 18.2 Å². The average molecular weight is 336 g/mol. The highest BCUT2D eigenvalue weighted by Crippen LogP contribution is 2.22. The van der Waals surface area contributed by atoms with Gasteiger partial charge in [-0.3, -0.25) is 4.79 Å². The SMILES string of the molecule is COC(=O)c1cc(NC(=O)C2(N)CCOCC2)cc(C(=O)OC)c1. The van der Waals surface area contributed by atoms with E-state index in [1.54, 1.807) is 0 Å². The van der Waals surface area contributed by atoms with Gasteiger partial charge in [-0.25, -0.2) is 9.59 Å². The molecule has 0 spiro atoms. The van der Waals surface area contributed by atoms with Gasteiger partial charge in [-0.05, 0) is 31.0 Å². The van der Waals surface area contributed by atoms with E-state index in [-0.39, 0.29) is 16.8 Å². The number of methoxy groups -OCH3 is 2. The second-order valence-corrected chi connectivity index (χ2v) is 5.50. The molecule has 1 fully saturated rings. The molecular formula is C16H20N2O6. The molecule has 0 bridgehead atoms. The lowest BCUT2D eigenvalue weighted by Crippen LogP contribution is -2.54. The number of nitrogens with one attached hydrogen (secondary N) is 1. The topological polar surface area (TPSA) is 117 Å². The van der Waals surface area contributed by atoms with E-state index in [2.05, 4.69) is 14.8 Å². The van der Waals surface area contributed by atoms with Crippen molar-refractivity contribution in [2.24, 2.45) is 5.73 Å². The largest absolute Gasteiger partial charge is 0.465 e. The zero-order valence-corrected chi connectivity index (χ0v) is 13.6. The molecule has 8 nitrogen and oxygen atoms in total. The minimum atomic E-state index is -1.05. The minimum absolute atomic E-state index is 0.119. The van der Waals surface area contributed by atoms with Crippen molar-refractivity contribution in [1.82, 2.24) is 0 Å². The number of benzene rings is 1. The Kier molecular flexibility index (Phi) is 5.53. The molecular weight excluding hydrogens is 316 g/mol. The van der Waals surface area contributed by atoms with E-state index in [0.717, 1.165) is 0 Å². The summed E-state index contributed by atoms with van der Waals surface area (Å²) in [5.74, 6) is -1.67. The molecule has 0 unspecified atom stereocenters. The van der Waals surface area contributed by atoms with E-state index in [0.29, 0.717) is 26.1 Å². The van der Waals surface area contributed by atoms with Crippen molar-refractivity contribution in [3.8, 4) is 0 Å². The van der Waals surface area contributed by atoms with Gasteiger partial charge in [0.25, 0.3) is 0 Å². The first-order chi connectivity index (χ1) is 11.4. The van der Waals surface area contributed by atoms with Gasteiger partial charge in [-0.1, -0.05) is 0 Å². The van der Waals surface area contributed by atoms with E-state index in [1.165, 1.54) is 32.4 Å². The molecule has 1 aliphatic heterocycles. The van der Waals surface area contributed by atoms with Crippen molar-refractivity contribution in [1.29, 1.82) is 0 Å². The Bertz CT molecular complexity index is 618. The summed E-state index contributed by atoms with van der Waals surface area (Å²) >= 11 is 0. The molecule has 1 aromatic rings. The molecule has 0 aliphatic carbocycles. The summed E-state index contributed by atoms with van der Waals surface area (Å²) in [5.41, 5.74) is 5.57. The van der Waals surface area contributed by atoms with E-state index in [9.17, 15) is 14.4 Å². The Morgan fingerprint density at radius 2 is 1.54 bits per heavy atom. The Morgan fingerprint density at radius 3 is 2.00 bits per heavy atom. The number of carbonyl (C=O) groups excluding carboxylic acids is 3.